The first-order chi connectivity index (χ1) is 14.2. The molecule has 2 aromatic heterocycles. The summed E-state index contributed by atoms with van der Waals surface area (Å²) < 4.78 is 54.2. The zero-order valence-corrected chi connectivity index (χ0v) is 17.6. The van der Waals surface area contributed by atoms with Crippen LogP contribution in [0.4, 0.5) is 8.78 Å². The second-order valence-electron chi connectivity index (χ2n) is 8.07. The van der Waals surface area contributed by atoms with Crippen LogP contribution in [0.15, 0.2) is 30.3 Å². The fourth-order valence-electron chi connectivity index (χ4n) is 3.80. The van der Waals surface area contributed by atoms with Crippen molar-refractivity contribution in [1.82, 2.24) is 19.7 Å². The van der Waals surface area contributed by atoms with E-state index in [1.165, 1.54) is 12.1 Å². The molecule has 30 heavy (non-hydrogen) atoms. The van der Waals surface area contributed by atoms with Crippen LogP contribution in [-0.2, 0) is 10.0 Å². The molecular formula is C21H24F2N4O2S. The molecule has 0 atom stereocenters. The van der Waals surface area contributed by atoms with Gasteiger partial charge in [0.15, 0.2) is 5.65 Å². The number of aromatic nitrogens is 3. The highest BCUT2D eigenvalue weighted by Crippen LogP contribution is 2.33. The number of nitrogens with one attached hydrogen (secondary N) is 2. The van der Waals surface area contributed by atoms with E-state index in [0.29, 0.717) is 11.3 Å². The van der Waals surface area contributed by atoms with Crippen molar-refractivity contribution in [3.05, 3.63) is 47.8 Å². The van der Waals surface area contributed by atoms with E-state index in [9.17, 15) is 17.2 Å². The Morgan fingerprint density at radius 1 is 1.07 bits per heavy atom. The summed E-state index contributed by atoms with van der Waals surface area (Å²) in [6, 6.07) is 6.82. The lowest BCUT2D eigenvalue weighted by molar-refractivity contribution is 0.366. The molecule has 0 spiro atoms. The molecule has 9 heteroatoms. The fourth-order valence-corrected chi connectivity index (χ4v) is 4.78. The highest BCUT2D eigenvalue weighted by molar-refractivity contribution is 7.90. The molecule has 0 bridgehead atoms. The van der Waals surface area contributed by atoms with Crippen LogP contribution in [-0.4, -0.2) is 34.7 Å². The molecule has 4 rings (SSSR count). The molecule has 1 aliphatic carbocycles. The van der Waals surface area contributed by atoms with Gasteiger partial charge in [0.2, 0.25) is 10.0 Å². The molecule has 2 heterocycles. The van der Waals surface area contributed by atoms with E-state index in [2.05, 4.69) is 19.7 Å². The second kappa shape index (κ2) is 8.03. The number of rotatable bonds is 5. The molecule has 3 aromatic rings. The van der Waals surface area contributed by atoms with E-state index in [-0.39, 0.29) is 17.5 Å². The van der Waals surface area contributed by atoms with E-state index in [0.717, 1.165) is 43.1 Å². The summed E-state index contributed by atoms with van der Waals surface area (Å²) in [7, 11) is -3.28. The largest absolute Gasteiger partial charge is 0.340 e. The standard InChI is InChI=1S/C21H24F2N4O2S/c1-12(2)30(28,29)27-15-6-3-13(4-7-15)20-25-19-10-9-18(24-21(19)26-20)16-8-5-14(22)11-17(16)23/h5,8-13,15,27H,3-4,6-7H2,1-2H3,(H,24,25,26)/t13-,15-. The van der Waals surface area contributed by atoms with Crippen molar-refractivity contribution in [2.45, 2.75) is 56.7 Å². The molecule has 1 aromatic carbocycles. The van der Waals surface area contributed by atoms with Crippen LogP contribution in [0.5, 0.6) is 0 Å². The van der Waals surface area contributed by atoms with Gasteiger partial charge in [0, 0.05) is 23.6 Å². The third-order valence-electron chi connectivity index (χ3n) is 5.64. The number of pyridine rings is 1. The quantitative estimate of drug-likeness (QED) is 0.628. The van der Waals surface area contributed by atoms with Gasteiger partial charge in [-0.3, -0.25) is 0 Å². The zero-order chi connectivity index (χ0) is 21.5. The smallest absolute Gasteiger partial charge is 0.214 e. The molecule has 0 unspecified atom stereocenters. The number of halogens is 2. The van der Waals surface area contributed by atoms with E-state index >= 15 is 0 Å². The first-order valence-corrected chi connectivity index (χ1v) is 11.6. The number of sulfonamides is 1. The number of nitrogens with zero attached hydrogens (tertiary/aromatic N) is 2. The van der Waals surface area contributed by atoms with E-state index in [1.807, 2.05) is 0 Å². The molecule has 0 amide bonds. The van der Waals surface area contributed by atoms with Gasteiger partial charge in [-0.1, -0.05) is 0 Å². The van der Waals surface area contributed by atoms with Crippen LogP contribution < -0.4 is 4.72 Å². The minimum atomic E-state index is -3.28. The number of H-pyrrole nitrogens is 1. The lowest BCUT2D eigenvalue weighted by Crippen LogP contribution is -2.40. The Bertz CT molecular complexity index is 1170. The first kappa shape index (κ1) is 20.9. The predicted molar refractivity (Wildman–Crippen MR) is 111 cm³/mol. The topological polar surface area (TPSA) is 87.7 Å². The van der Waals surface area contributed by atoms with Gasteiger partial charge in [-0.25, -0.2) is 31.9 Å². The first-order valence-electron chi connectivity index (χ1n) is 10.1. The monoisotopic (exact) mass is 434 g/mol. The minimum Gasteiger partial charge on any atom is -0.340 e. The van der Waals surface area contributed by atoms with Crippen molar-refractivity contribution in [2.75, 3.05) is 0 Å². The van der Waals surface area contributed by atoms with Crippen LogP contribution in [0.1, 0.15) is 51.3 Å². The van der Waals surface area contributed by atoms with Crippen LogP contribution >= 0.6 is 0 Å². The van der Waals surface area contributed by atoms with Crippen LogP contribution in [0.25, 0.3) is 22.4 Å². The average Bonchev–Trinajstić information content (AvgIpc) is 3.11. The number of benzene rings is 1. The Morgan fingerprint density at radius 2 is 1.80 bits per heavy atom. The summed E-state index contributed by atoms with van der Waals surface area (Å²) >= 11 is 0. The second-order valence-corrected chi connectivity index (χ2v) is 10.3. The van der Waals surface area contributed by atoms with Gasteiger partial charge >= 0.3 is 0 Å². The van der Waals surface area contributed by atoms with Crippen molar-refractivity contribution in [1.29, 1.82) is 0 Å². The van der Waals surface area contributed by atoms with Gasteiger partial charge in [0.05, 0.1) is 16.5 Å². The summed E-state index contributed by atoms with van der Waals surface area (Å²) in [6.45, 7) is 3.34. The van der Waals surface area contributed by atoms with Gasteiger partial charge in [0.1, 0.15) is 17.5 Å². The van der Waals surface area contributed by atoms with Crippen LogP contribution in [0.3, 0.4) is 0 Å². The summed E-state index contributed by atoms with van der Waals surface area (Å²) in [6.07, 6.45) is 3.11. The minimum absolute atomic E-state index is 0.0517. The van der Waals surface area contributed by atoms with Crippen molar-refractivity contribution in [2.24, 2.45) is 0 Å². The maximum atomic E-state index is 14.1. The third-order valence-corrected chi connectivity index (χ3v) is 7.54. The van der Waals surface area contributed by atoms with E-state index in [4.69, 9.17) is 0 Å². The summed E-state index contributed by atoms with van der Waals surface area (Å²) in [5.41, 5.74) is 1.85. The Labute approximate surface area is 174 Å². The lowest BCUT2D eigenvalue weighted by Gasteiger charge is -2.28. The Morgan fingerprint density at radius 3 is 2.47 bits per heavy atom. The Kier molecular flexibility index (Phi) is 5.59. The van der Waals surface area contributed by atoms with Crippen LogP contribution in [0.2, 0.25) is 0 Å². The van der Waals surface area contributed by atoms with Crippen LogP contribution in [0, 0.1) is 11.6 Å². The maximum absolute atomic E-state index is 14.1. The number of fused-ring (bicyclic) bond motifs is 1. The molecular weight excluding hydrogens is 410 g/mol. The van der Waals surface area contributed by atoms with Gasteiger partial charge in [-0.2, -0.15) is 0 Å². The summed E-state index contributed by atoms with van der Waals surface area (Å²) in [4.78, 5) is 12.3. The Hall–Kier alpha value is -2.39. The fraction of sp³-hybridized carbons (Fsp3) is 0.429. The van der Waals surface area contributed by atoms with Gasteiger partial charge in [0.25, 0.3) is 0 Å². The maximum Gasteiger partial charge on any atom is 0.214 e. The third kappa shape index (κ3) is 4.22. The van der Waals surface area contributed by atoms with Gasteiger partial charge in [-0.15, -0.1) is 0 Å². The van der Waals surface area contributed by atoms with Gasteiger partial charge in [-0.05, 0) is 63.8 Å². The normalized spacial score (nSPS) is 20.2. The van der Waals surface area contributed by atoms with Crippen molar-refractivity contribution in [3.63, 3.8) is 0 Å². The molecule has 2 N–H and O–H groups in total. The van der Waals surface area contributed by atoms with Crippen molar-refractivity contribution >= 4 is 21.2 Å². The number of imidazole rings is 1. The van der Waals surface area contributed by atoms with Crippen molar-refractivity contribution in [3.8, 4) is 11.3 Å². The highest BCUT2D eigenvalue weighted by Gasteiger charge is 2.28. The number of aromatic amines is 1. The Balaban J connectivity index is 1.50. The predicted octanol–water partition coefficient (Wildman–Crippen LogP) is 4.26. The lowest BCUT2D eigenvalue weighted by atomic mass is 9.86. The molecule has 1 aliphatic rings. The highest BCUT2D eigenvalue weighted by atomic mass is 32.2. The molecule has 6 nitrogen and oxygen atoms in total. The molecule has 0 radical (unpaired) electrons. The summed E-state index contributed by atoms with van der Waals surface area (Å²) in [5.74, 6) is -0.310. The number of hydrogen-bond donors (Lipinski definition) is 2. The molecule has 1 fully saturated rings. The van der Waals surface area contributed by atoms with Gasteiger partial charge < -0.3 is 4.98 Å². The van der Waals surface area contributed by atoms with E-state index in [1.54, 1.807) is 26.0 Å². The molecule has 0 aliphatic heterocycles. The SMILES string of the molecule is CC(C)S(=O)(=O)N[C@H]1CC[C@H](c2nc3nc(-c4ccc(F)cc4F)ccc3[nH]2)CC1. The van der Waals surface area contributed by atoms with Crippen molar-refractivity contribution < 1.29 is 17.2 Å². The molecule has 0 saturated heterocycles. The number of hydrogen-bond acceptors (Lipinski definition) is 4. The average molecular weight is 435 g/mol. The molecule has 1 saturated carbocycles. The zero-order valence-electron chi connectivity index (χ0n) is 16.8. The van der Waals surface area contributed by atoms with E-state index < -0.39 is 26.9 Å². The molecule has 160 valence electrons. The summed E-state index contributed by atoms with van der Waals surface area (Å²) in [5, 5.41) is -0.447.